The van der Waals surface area contributed by atoms with Gasteiger partial charge in [-0.25, -0.2) is 15.0 Å². The number of carbonyl (C=O) groups excluding carboxylic acids is 1. The second kappa shape index (κ2) is 7.18. The Morgan fingerprint density at radius 2 is 2.00 bits per heavy atom. The number of aromatic nitrogens is 4. The lowest BCUT2D eigenvalue weighted by atomic mass is 9.93. The van der Waals surface area contributed by atoms with Crippen LogP contribution in [-0.4, -0.2) is 43.9 Å². The summed E-state index contributed by atoms with van der Waals surface area (Å²) in [7, 11) is 0. The molecule has 0 saturated heterocycles. The van der Waals surface area contributed by atoms with Gasteiger partial charge < -0.3 is 5.32 Å². The van der Waals surface area contributed by atoms with Crippen molar-refractivity contribution in [2.24, 2.45) is 0 Å². The highest BCUT2D eigenvalue weighted by atomic mass is 19.4. The maximum Gasteiger partial charge on any atom is 0.522 e. The predicted octanol–water partition coefficient (Wildman–Crippen LogP) is 2.24. The zero-order valence-corrected chi connectivity index (χ0v) is 13.1. The maximum atomic E-state index is 12.3. The molecule has 25 heavy (non-hydrogen) atoms. The molecule has 0 radical (unpaired) electrons. The Balaban J connectivity index is 1.56. The van der Waals surface area contributed by atoms with Gasteiger partial charge in [0.05, 0.1) is 6.10 Å². The van der Waals surface area contributed by atoms with E-state index in [0.717, 1.165) is 0 Å². The molecule has 1 aliphatic rings. The lowest BCUT2D eigenvalue weighted by molar-refractivity contribution is -0.345. The van der Waals surface area contributed by atoms with E-state index in [1.807, 2.05) is 0 Å². The molecule has 7 nitrogen and oxygen atoms in total. The second-order valence-corrected chi connectivity index (χ2v) is 5.72. The van der Waals surface area contributed by atoms with Crippen LogP contribution in [0.3, 0.4) is 0 Å². The van der Waals surface area contributed by atoms with Gasteiger partial charge in [0.25, 0.3) is 5.91 Å². The first-order valence-electron chi connectivity index (χ1n) is 7.77. The largest absolute Gasteiger partial charge is 0.522 e. The molecule has 1 saturated carbocycles. The molecule has 0 aliphatic heterocycles. The number of ether oxygens (including phenoxy) is 1. The average Bonchev–Trinajstić information content (AvgIpc) is 3.10. The smallest absolute Gasteiger partial charge is 0.347 e. The zero-order valence-electron chi connectivity index (χ0n) is 13.1. The van der Waals surface area contributed by atoms with Crippen LogP contribution in [0.2, 0.25) is 0 Å². The summed E-state index contributed by atoms with van der Waals surface area (Å²) in [4.78, 5) is 24.3. The van der Waals surface area contributed by atoms with Crippen molar-refractivity contribution >= 4 is 5.91 Å². The van der Waals surface area contributed by atoms with Crippen molar-refractivity contribution in [3.05, 3.63) is 36.8 Å². The molecule has 0 unspecified atom stereocenters. The summed E-state index contributed by atoms with van der Waals surface area (Å²) < 4.78 is 42.3. The molecule has 1 aliphatic carbocycles. The topological polar surface area (TPSA) is 81.9 Å². The Morgan fingerprint density at radius 1 is 1.24 bits per heavy atom. The molecule has 134 valence electrons. The van der Waals surface area contributed by atoms with Crippen LogP contribution in [0.4, 0.5) is 13.2 Å². The molecule has 1 N–H and O–H groups in total. The van der Waals surface area contributed by atoms with E-state index in [-0.39, 0.29) is 24.7 Å². The minimum atomic E-state index is -4.62. The van der Waals surface area contributed by atoms with Crippen molar-refractivity contribution in [3.8, 4) is 5.82 Å². The van der Waals surface area contributed by atoms with E-state index >= 15 is 0 Å². The van der Waals surface area contributed by atoms with Gasteiger partial charge in [-0.15, -0.1) is 13.2 Å². The van der Waals surface area contributed by atoms with Crippen LogP contribution in [0.25, 0.3) is 5.82 Å². The minimum Gasteiger partial charge on any atom is -0.347 e. The third kappa shape index (κ3) is 4.75. The molecule has 2 heterocycles. The molecule has 2 aromatic rings. The van der Waals surface area contributed by atoms with Gasteiger partial charge >= 0.3 is 6.36 Å². The number of nitrogens with zero attached hydrogens (tertiary/aromatic N) is 4. The highest BCUT2D eigenvalue weighted by molar-refractivity contribution is 5.90. The van der Waals surface area contributed by atoms with Crippen molar-refractivity contribution in [2.75, 3.05) is 0 Å². The number of halogens is 3. The lowest BCUT2D eigenvalue weighted by Crippen LogP contribution is -2.40. The first-order valence-corrected chi connectivity index (χ1v) is 7.77. The van der Waals surface area contributed by atoms with E-state index in [9.17, 15) is 18.0 Å². The fourth-order valence-electron chi connectivity index (χ4n) is 2.76. The normalized spacial score (nSPS) is 21.1. The van der Waals surface area contributed by atoms with Gasteiger partial charge in [0, 0.05) is 24.6 Å². The van der Waals surface area contributed by atoms with Gasteiger partial charge in [-0.05, 0) is 31.7 Å². The summed E-state index contributed by atoms with van der Waals surface area (Å²) in [5.74, 6) is 0.0435. The van der Waals surface area contributed by atoms with Crippen molar-refractivity contribution < 1.29 is 22.7 Å². The summed E-state index contributed by atoms with van der Waals surface area (Å²) >= 11 is 0. The summed E-state index contributed by atoms with van der Waals surface area (Å²) in [5.41, 5.74) is 0. The van der Waals surface area contributed by atoms with Crippen LogP contribution in [0.5, 0.6) is 0 Å². The zero-order chi connectivity index (χ0) is 17.9. The Kier molecular flexibility index (Phi) is 4.98. The van der Waals surface area contributed by atoms with Gasteiger partial charge in [-0.3, -0.25) is 14.1 Å². The van der Waals surface area contributed by atoms with Crippen LogP contribution >= 0.6 is 0 Å². The number of hydrogen-bond donors (Lipinski definition) is 1. The molecule has 1 fully saturated rings. The first kappa shape index (κ1) is 17.3. The van der Waals surface area contributed by atoms with E-state index < -0.39 is 18.4 Å². The monoisotopic (exact) mass is 355 g/mol. The van der Waals surface area contributed by atoms with Gasteiger partial charge in [-0.1, -0.05) is 0 Å². The Bertz CT molecular complexity index is 712. The molecule has 1 amide bonds. The molecule has 0 aromatic carbocycles. The Morgan fingerprint density at radius 3 is 2.64 bits per heavy atom. The Labute approximate surface area is 141 Å². The van der Waals surface area contributed by atoms with E-state index in [4.69, 9.17) is 0 Å². The van der Waals surface area contributed by atoms with Crippen LogP contribution in [0.15, 0.2) is 31.0 Å². The summed E-state index contributed by atoms with van der Waals surface area (Å²) in [5, 5.41) is 2.77. The molecular weight excluding hydrogens is 339 g/mol. The van der Waals surface area contributed by atoms with Crippen LogP contribution in [0, 0.1) is 0 Å². The number of alkyl halides is 3. The molecule has 0 spiro atoms. The lowest BCUT2D eigenvalue weighted by Gasteiger charge is -2.29. The van der Waals surface area contributed by atoms with Crippen LogP contribution < -0.4 is 5.32 Å². The van der Waals surface area contributed by atoms with Crippen LogP contribution in [-0.2, 0) is 4.74 Å². The van der Waals surface area contributed by atoms with Crippen LogP contribution in [0.1, 0.15) is 36.3 Å². The molecule has 0 atom stereocenters. The van der Waals surface area contributed by atoms with Crippen molar-refractivity contribution in [1.82, 2.24) is 24.8 Å². The molecule has 3 rings (SSSR count). The van der Waals surface area contributed by atoms with Gasteiger partial charge in [0.1, 0.15) is 12.1 Å². The SMILES string of the molecule is O=C(NC1CCC(OC(F)(F)F)CC1)c1nccc(-n2ccnc2)n1. The van der Waals surface area contributed by atoms with Crippen molar-refractivity contribution in [1.29, 1.82) is 0 Å². The highest BCUT2D eigenvalue weighted by Gasteiger charge is 2.35. The molecule has 0 bridgehead atoms. The van der Waals surface area contributed by atoms with E-state index in [0.29, 0.717) is 18.7 Å². The Hall–Kier alpha value is -2.49. The number of amides is 1. The molecule has 2 aromatic heterocycles. The summed E-state index contributed by atoms with van der Waals surface area (Å²) in [6.45, 7) is 0. The minimum absolute atomic E-state index is 0.000125. The predicted molar refractivity (Wildman–Crippen MR) is 79.8 cm³/mol. The standard InChI is InChI=1S/C15H16F3N5O2/c16-15(17,18)25-11-3-1-10(2-4-11)21-14(24)13-20-6-5-12(22-13)23-8-7-19-9-23/h5-11H,1-4H2,(H,21,24). The number of imidazole rings is 1. The number of nitrogens with one attached hydrogen (secondary N) is 1. The quantitative estimate of drug-likeness (QED) is 0.910. The average molecular weight is 355 g/mol. The van der Waals surface area contributed by atoms with Gasteiger partial charge in [0.15, 0.2) is 0 Å². The fourth-order valence-corrected chi connectivity index (χ4v) is 2.76. The van der Waals surface area contributed by atoms with E-state index in [1.165, 1.54) is 6.20 Å². The maximum absolute atomic E-state index is 12.3. The number of rotatable bonds is 4. The molecular formula is C15H16F3N5O2. The summed E-state index contributed by atoms with van der Waals surface area (Å²) in [6, 6.07) is 1.42. The second-order valence-electron chi connectivity index (χ2n) is 5.72. The third-order valence-electron chi connectivity index (χ3n) is 3.92. The van der Waals surface area contributed by atoms with E-state index in [2.05, 4.69) is 25.0 Å². The third-order valence-corrected chi connectivity index (χ3v) is 3.92. The highest BCUT2D eigenvalue weighted by Crippen LogP contribution is 2.28. The molecule has 10 heteroatoms. The fraction of sp³-hybridized carbons (Fsp3) is 0.467. The van der Waals surface area contributed by atoms with E-state index in [1.54, 1.807) is 29.4 Å². The van der Waals surface area contributed by atoms with Crippen molar-refractivity contribution in [3.63, 3.8) is 0 Å². The summed E-state index contributed by atoms with van der Waals surface area (Å²) in [6.07, 6.45) is 2.10. The van der Waals surface area contributed by atoms with Gasteiger partial charge in [0.2, 0.25) is 5.82 Å². The first-order chi connectivity index (χ1) is 11.9. The van der Waals surface area contributed by atoms with Gasteiger partial charge in [-0.2, -0.15) is 0 Å². The van der Waals surface area contributed by atoms with Crippen molar-refractivity contribution in [2.45, 2.75) is 44.2 Å². The number of hydrogen-bond acceptors (Lipinski definition) is 5. The number of carbonyl (C=O) groups is 1.